The van der Waals surface area contributed by atoms with Crippen molar-refractivity contribution in [1.82, 2.24) is 15.0 Å². The zero-order chi connectivity index (χ0) is 16.1. The number of rotatable bonds is 1. The summed E-state index contributed by atoms with van der Waals surface area (Å²) in [6.07, 6.45) is 3.50. The Bertz CT molecular complexity index is 1090. The van der Waals surface area contributed by atoms with Gasteiger partial charge in [-0.15, -0.1) is 0 Å². The first-order chi connectivity index (χ1) is 11.9. The van der Waals surface area contributed by atoms with Gasteiger partial charge in [-0.3, -0.25) is 4.98 Å². The number of fused-ring (bicyclic) bond motifs is 4. The number of imidazole rings is 1. The molecule has 0 amide bonds. The molecule has 4 aromatic rings. The normalized spacial score (nSPS) is 14.1. The van der Waals surface area contributed by atoms with Gasteiger partial charge in [-0.1, -0.05) is 47.6 Å². The van der Waals surface area contributed by atoms with Crippen LogP contribution in [0.3, 0.4) is 0 Å². The topological polar surface area (TPSA) is 74.2 Å². The molecule has 114 valence electrons. The highest BCUT2D eigenvalue weighted by Crippen LogP contribution is 2.42. The Morgan fingerprint density at radius 1 is 0.875 bits per heavy atom. The molecule has 1 aliphatic rings. The van der Waals surface area contributed by atoms with Crippen LogP contribution in [0.2, 0.25) is 0 Å². The molecule has 0 saturated carbocycles. The molecule has 0 bridgehead atoms. The van der Waals surface area contributed by atoms with Crippen molar-refractivity contribution in [1.29, 1.82) is 0 Å². The zero-order valence-corrected chi connectivity index (χ0v) is 12.6. The third kappa shape index (κ3) is 1.66. The lowest BCUT2D eigenvalue weighted by atomic mass is 9.99. The molecule has 0 aliphatic heterocycles. The van der Waals surface area contributed by atoms with E-state index in [-0.39, 0.29) is 0 Å². The molecule has 1 aliphatic carbocycles. The van der Waals surface area contributed by atoms with Gasteiger partial charge in [-0.05, 0) is 11.6 Å². The van der Waals surface area contributed by atoms with Crippen LogP contribution in [0, 0.1) is 0 Å². The third-order valence-electron chi connectivity index (χ3n) is 4.41. The van der Waals surface area contributed by atoms with E-state index in [0.717, 1.165) is 44.7 Å². The van der Waals surface area contributed by atoms with Crippen molar-refractivity contribution in [2.75, 3.05) is 0 Å². The minimum absolute atomic E-state index is 0.597. The van der Waals surface area contributed by atoms with Crippen LogP contribution in [-0.4, -0.2) is 25.9 Å². The van der Waals surface area contributed by atoms with Crippen molar-refractivity contribution in [2.24, 2.45) is 5.16 Å². The van der Waals surface area contributed by atoms with Crippen LogP contribution in [0.5, 0.6) is 0 Å². The molecule has 5 rings (SSSR count). The number of nitrogens with zero attached hydrogens (tertiary/aromatic N) is 3. The Labute approximate surface area is 137 Å². The van der Waals surface area contributed by atoms with Gasteiger partial charge in [0.25, 0.3) is 0 Å². The van der Waals surface area contributed by atoms with Crippen LogP contribution in [-0.2, 0) is 0 Å². The summed E-state index contributed by atoms with van der Waals surface area (Å²) in [5, 5.41) is 13.0. The summed E-state index contributed by atoms with van der Waals surface area (Å²) in [6, 6.07) is 15.8. The molecular formula is C19H12N4O. The van der Waals surface area contributed by atoms with Crippen LogP contribution in [0.4, 0.5) is 0 Å². The molecule has 5 heteroatoms. The standard InChI is InChI=1S/C19H12N4O/c24-23-18-12-5-2-1-4-11(12)17-13(18)6-3-7-14(17)19-21-15-8-9-20-10-16(15)22-19/h1-10,24H,(H,21,22)/b23-18+. The second-order valence-corrected chi connectivity index (χ2v) is 5.70. The van der Waals surface area contributed by atoms with E-state index in [0.29, 0.717) is 5.71 Å². The highest BCUT2D eigenvalue weighted by atomic mass is 16.4. The predicted octanol–water partition coefficient (Wildman–Crippen LogP) is 3.83. The number of benzene rings is 2. The van der Waals surface area contributed by atoms with Crippen molar-refractivity contribution in [3.05, 3.63) is 72.1 Å². The molecule has 0 fully saturated rings. The molecule has 5 nitrogen and oxygen atoms in total. The van der Waals surface area contributed by atoms with Crippen LogP contribution < -0.4 is 0 Å². The van der Waals surface area contributed by atoms with Gasteiger partial charge in [0, 0.05) is 28.5 Å². The smallest absolute Gasteiger partial charge is 0.139 e. The van der Waals surface area contributed by atoms with Crippen LogP contribution >= 0.6 is 0 Å². The van der Waals surface area contributed by atoms with E-state index in [1.54, 1.807) is 12.4 Å². The molecule has 0 saturated heterocycles. The molecule has 0 radical (unpaired) electrons. The number of H-pyrrole nitrogens is 1. The fourth-order valence-corrected chi connectivity index (χ4v) is 3.38. The number of oxime groups is 1. The average molecular weight is 312 g/mol. The summed E-state index contributed by atoms with van der Waals surface area (Å²) in [4.78, 5) is 12.1. The van der Waals surface area contributed by atoms with Crippen LogP contribution in [0.1, 0.15) is 11.1 Å². The Morgan fingerprint density at radius 3 is 2.50 bits per heavy atom. The molecule has 0 atom stereocenters. The van der Waals surface area contributed by atoms with Crippen LogP contribution in [0.15, 0.2) is 66.1 Å². The third-order valence-corrected chi connectivity index (χ3v) is 4.41. The Morgan fingerprint density at radius 2 is 1.67 bits per heavy atom. The van der Waals surface area contributed by atoms with E-state index in [1.165, 1.54) is 0 Å². The maximum atomic E-state index is 9.49. The lowest BCUT2D eigenvalue weighted by molar-refractivity contribution is 0.320. The van der Waals surface area contributed by atoms with Gasteiger partial charge in [0.15, 0.2) is 0 Å². The zero-order valence-electron chi connectivity index (χ0n) is 12.6. The molecule has 2 heterocycles. The van der Waals surface area contributed by atoms with E-state index in [4.69, 9.17) is 0 Å². The summed E-state index contributed by atoms with van der Waals surface area (Å²) in [5.41, 5.74) is 7.28. The lowest BCUT2D eigenvalue weighted by Gasteiger charge is -2.06. The van der Waals surface area contributed by atoms with Crippen LogP contribution in [0.25, 0.3) is 33.5 Å². The van der Waals surface area contributed by atoms with E-state index < -0.39 is 0 Å². The number of hydrogen-bond donors (Lipinski definition) is 2. The first-order valence-corrected chi connectivity index (χ1v) is 7.62. The summed E-state index contributed by atoms with van der Waals surface area (Å²) >= 11 is 0. The Kier molecular flexibility index (Phi) is 2.58. The SMILES string of the molecule is O/N=C1\c2ccccc2-c2c1cccc2-c1nc2ccncc2[nH]1. The van der Waals surface area contributed by atoms with Gasteiger partial charge < -0.3 is 10.2 Å². The fourth-order valence-electron chi connectivity index (χ4n) is 3.38. The summed E-state index contributed by atoms with van der Waals surface area (Å²) in [6.45, 7) is 0. The largest absolute Gasteiger partial charge is 0.410 e. The highest BCUT2D eigenvalue weighted by molar-refractivity contribution is 6.26. The first kappa shape index (κ1) is 13.0. The number of aromatic amines is 1. The van der Waals surface area contributed by atoms with Gasteiger partial charge in [0.05, 0.1) is 17.2 Å². The van der Waals surface area contributed by atoms with E-state index in [1.807, 2.05) is 48.5 Å². The van der Waals surface area contributed by atoms with Crippen molar-refractivity contribution in [3.8, 4) is 22.5 Å². The second-order valence-electron chi connectivity index (χ2n) is 5.70. The van der Waals surface area contributed by atoms with Gasteiger partial charge in [-0.2, -0.15) is 0 Å². The minimum Gasteiger partial charge on any atom is -0.410 e. The quantitative estimate of drug-likeness (QED) is 0.365. The van der Waals surface area contributed by atoms with Gasteiger partial charge in [0.1, 0.15) is 11.5 Å². The highest BCUT2D eigenvalue weighted by Gasteiger charge is 2.28. The second kappa shape index (κ2) is 4.76. The summed E-state index contributed by atoms with van der Waals surface area (Å²) in [7, 11) is 0. The number of nitrogens with one attached hydrogen (secondary N) is 1. The maximum absolute atomic E-state index is 9.49. The Balaban J connectivity index is 1.84. The van der Waals surface area contributed by atoms with Crippen molar-refractivity contribution < 1.29 is 5.21 Å². The monoisotopic (exact) mass is 312 g/mol. The number of hydrogen-bond acceptors (Lipinski definition) is 4. The van der Waals surface area contributed by atoms with Crippen molar-refractivity contribution >= 4 is 16.7 Å². The van der Waals surface area contributed by atoms with Crippen molar-refractivity contribution in [3.63, 3.8) is 0 Å². The lowest BCUT2D eigenvalue weighted by Crippen LogP contribution is -1.97. The van der Waals surface area contributed by atoms with E-state index >= 15 is 0 Å². The number of pyridine rings is 1. The maximum Gasteiger partial charge on any atom is 0.139 e. The van der Waals surface area contributed by atoms with Gasteiger partial charge in [0.2, 0.25) is 0 Å². The molecule has 24 heavy (non-hydrogen) atoms. The first-order valence-electron chi connectivity index (χ1n) is 7.62. The molecular weight excluding hydrogens is 300 g/mol. The fraction of sp³-hybridized carbons (Fsp3) is 0. The number of aromatic nitrogens is 3. The van der Waals surface area contributed by atoms with E-state index in [2.05, 4.69) is 20.1 Å². The molecule has 2 N–H and O–H groups in total. The summed E-state index contributed by atoms with van der Waals surface area (Å²) < 4.78 is 0. The van der Waals surface area contributed by atoms with Gasteiger partial charge >= 0.3 is 0 Å². The Hall–Kier alpha value is -3.47. The molecule has 0 unspecified atom stereocenters. The average Bonchev–Trinajstić information content (AvgIpc) is 3.20. The van der Waals surface area contributed by atoms with Crippen molar-refractivity contribution in [2.45, 2.75) is 0 Å². The molecule has 2 aromatic carbocycles. The predicted molar refractivity (Wildman–Crippen MR) is 92.2 cm³/mol. The van der Waals surface area contributed by atoms with Gasteiger partial charge in [-0.25, -0.2) is 4.98 Å². The van der Waals surface area contributed by atoms with E-state index in [9.17, 15) is 5.21 Å². The molecule has 2 aromatic heterocycles. The summed E-state index contributed by atoms with van der Waals surface area (Å²) in [5.74, 6) is 0.781. The molecule has 0 spiro atoms. The minimum atomic E-state index is 0.597.